The Hall–Kier alpha value is -1.12. The van der Waals surface area contributed by atoms with Gasteiger partial charge in [-0.1, -0.05) is 30.9 Å². The molecule has 0 amide bonds. The number of benzene rings is 1. The fourth-order valence-electron chi connectivity index (χ4n) is 1.86. The summed E-state index contributed by atoms with van der Waals surface area (Å²) < 4.78 is 0. The Labute approximate surface area is 84.3 Å². The van der Waals surface area contributed by atoms with E-state index in [1.165, 1.54) is 11.1 Å². The molecule has 0 aliphatic carbocycles. The van der Waals surface area contributed by atoms with E-state index in [9.17, 15) is 0 Å². The third-order valence-corrected chi connectivity index (χ3v) is 2.73. The van der Waals surface area contributed by atoms with Crippen molar-refractivity contribution in [2.45, 2.75) is 19.0 Å². The van der Waals surface area contributed by atoms with E-state index in [2.05, 4.69) is 30.1 Å². The van der Waals surface area contributed by atoms with Crippen LogP contribution in [0.15, 0.2) is 24.8 Å². The molecule has 1 aromatic carbocycles. The molecule has 1 aromatic rings. The first-order valence-electron chi connectivity index (χ1n) is 4.92. The summed E-state index contributed by atoms with van der Waals surface area (Å²) in [5.41, 5.74) is 3.82. The minimum Gasteiger partial charge on any atom is -0.395 e. The SMILES string of the molecule is C=Cc1ccc2c(c1)CC(CO)NC2. The van der Waals surface area contributed by atoms with E-state index < -0.39 is 0 Å². The monoisotopic (exact) mass is 189 g/mol. The molecule has 1 aliphatic rings. The molecular formula is C12H15NO. The van der Waals surface area contributed by atoms with Crippen molar-refractivity contribution in [2.24, 2.45) is 0 Å². The topological polar surface area (TPSA) is 32.3 Å². The van der Waals surface area contributed by atoms with Crippen LogP contribution in [0.1, 0.15) is 16.7 Å². The summed E-state index contributed by atoms with van der Waals surface area (Å²) in [7, 11) is 0. The number of hydrogen-bond acceptors (Lipinski definition) is 2. The van der Waals surface area contributed by atoms with Gasteiger partial charge in [-0.3, -0.25) is 0 Å². The Bertz CT molecular complexity index is 346. The fourth-order valence-corrected chi connectivity index (χ4v) is 1.86. The van der Waals surface area contributed by atoms with E-state index in [0.717, 1.165) is 18.5 Å². The molecule has 0 aromatic heterocycles. The van der Waals surface area contributed by atoms with Crippen molar-refractivity contribution < 1.29 is 5.11 Å². The summed E-state index contributed by atoms with van der Waals surface area (Å²) >= 11 is 0. The average Bonchev–Trinajstić information content (AvgIpc) is 2.27. The smallest absolute Gasteiger partial charge is 0.0587 e. The second-order valence-corrected chi connectivity index (χ2v) is 3.70. The lowest BCUT2D eigenvalue weighted by molar-refractivity contribution is 0.236. The molecule has 0 saturated heterocycles. The van der Waals surface area contributed by atoms with Crippen LogP contribution in [-0.2, 0) is 13.0 Å². The maximum Gasteiger partial charge on any atom is 0.0587 e. The van der Waals surface area contributed by atoms with Gasteiger partial charge in [-0.15, -0.1) is 0 Å². The van der Waals surface area contributed by atoms with Crippen LogP contribution in [0.5, 0.6) is 0 Å². The largest absolute Gasteiger partial charge is 0.395 e. The molecule has 2 nitrogen and oxygen atoms in total. The van der Waals surface area contributed by atoms with Crippen molar-refractivity contribution in [3.05, 3.63) is 41.5 Å². The lowest BCUT2D eigenvalue weighted by atomic mass is 9.94. The molecule has 2 rings (SSSR count). The average molecular weight is 189 g/mol. The molecule has 1 heterocycles. The van der Waals surface area contributed by atoms with E-state index in [-0.39, 0.29) is 12.6 Å². The van der Waals surface area contributed by atoms with Gasteiger partial charge in [-0.25, -0.2) is 0 Å². The molecule has 1 aliphatic heterocycles. The zero-order chi connectivity index (χ0) is 9.97. The fraction of sp³-hybridized carbons (Fsp3) is 0.333. The maximum absolute atomic E-state index is 9.06. The molecule has 1 atom stereocenters. The summed E-state index contributed by atoms with van der Waals surface area (Å²) in [6, 6.07) is 6.58. The van der Waals surface area contributed by atoms with Gasteiger partial charge in [-0.2, -0.15) is 0 Å². The molecule has 0 radical (unpaired) electrons. The molecule has 2 N–H and O–H groups in total. The molecule has 2 heteroatoms. The second-order valence-electron chi connectivity index (χ2n) is 3.70. The van der Waals surface area contributed by atoms with Crippen LogP contribution in [0, 0.1) is 0 Å². The van der Waals surface area contributed by atoms with Gasteiger partial charge in [0.2, 0.25) is 0 Å². The number of rotatable bonds is 2. The van der Waals surface area contributed by atoms with Gasteiger partial charge in [-0.05, 0) is 23.1 Å². The standard InChI is InChI=1S/C12H15NO/c1-2-9-3-4-10-7-13-12(8-14)6-11(10)5-9/h2-5,12-14H,1,6-8H2. The van der Waals surface area contributed by atoms with Crippen LogP contribution >= 0.6 is 0 Å². The molecule has 1 unspecified atom stereocenters. The van der Waals surface area contributed by atoms with Crippen molar-refractivity contribution in [1.82, 2.24) is 5.32 Å². The van der Waals surface area contributed by atoms with Crippen molar-refractivity contribution in [3.63, 3.8) is 0 Å². The van der Waals surface area contributed by atoms with Crippen molar-refractivity contribution >= 4 is 6.08 Å². The summed E-state index contributed by atoms with van der Waals surface area (Å²) in [4.78, 5) is 0. The minimum atomic E-state index is 0.206. The third-order valence-electron chi connectivity index (χ3n) is 2.73. The Balaban J connectivity index is 2.29. The van der Waals surface area contributed by atoms with Crippen molar-refractivity contribution in [1.29, 1.82) is 0 Å². The molecule has 14 heavy (non-hydrogen) atoms. The number of fused-ring (bicyclic) bond motifs is 1. The van der Waals surface area contributed by atoms with Crippen molar-refractivity contribution in [2.75, 3.05) is 6.61 Å². The molecule has 74 valence electrons. The third kappa shape index (κ3) is 1.72. The van der Waals surface area contributed by atoms with Gasteiger partial charge in [0, 0.05) is 12.6 Å². The molecule has 0 fully saturated rings. The van der Waals surface area contributed by atoms with Crippen LogP contribution in [0.4, 0.5) is 0 Å². The molecule has 0 spiro atoms. The zero-order valence-electron chi connectivity index (χ0n) is 8.16. The van der Waals surface area contributed by atoms with Crippen LogP contribution in [-0.4, -0.2) is 17.8 Å². The highest BCUT2D eigenvalue weighted by Crippen LogP contribution is 2.18. The summed E-state index contributed by atoms with van der Waals surface area (Å²) in [6.45, 7) is 4.82. The molecule has 0 saturated carbocycles. The van der Waals surface area contributed by atoms with Gasteiger partial charge >= 0.3 is 0 Å². The highest BCUT2D eigenvalue weighted by atomic mass is 16.3. The van der Waals surface area contributed by atoms with Gasteiger partial charge in [0.05, 0.1) is 6.61 Å². The first-order valence-corrected chi connectivity index (χ1v) is 4.92. The van der Waals surface area contributed by atoms with Gasteiger partial charge in [0.1, 0.15) is 0 Å². The van der Waals surface area contributed by atoms with Crippen LogP contribution < -0.4 is 5.32 Å². The van der Waals surface area contributed by atoms with E-state index in [1.54, 1.807) is 0 Å². The van der Waals surface area contributed by atoms with Gasteiger partial charge in [0.25, 0.3) is 0 Å². The van der Waals surface area contributed by atoms with Crippen LogP contribution in [0.2, 0.25) is 0 Å². The zero-order valence-corrected chi connectivity index (χ0v) is 8.16. The van der Waals surface area contributed by atoms with Crippen molar-refractivity contribution in [3.8, 4) is 0 Å². The quantitative estimate of drug-likeness (QED) is 0.735. The number of aliphatic hydroxyl groups excluding tert-OH is 1. The lowest BCUT2D eigenvalue weighted by Gasteiger charge is -2.24. The Morgan fingerprint density at radius 2 is 2.36 bits per heavy atom. The molecular weight excluding hydrogens is 174 g/mol. The van der Waals surface area contributed by atoms with E-state index >= 15 is 0 Å². The molecule has 0 bridgehead atoms. The van der Waals surface area contributed by atoms with Crippen LogP contribution in [0.3, 0.4) is 0 Å². The predicted octanol–water partition coefficient (Wildman–Crippen LogP) is 1.34. The van der Waals surface area contributed by atoms with Crippen LogP contribution in [0.25, 0.3) is 6.08 Å². The van der Waals surface area contributed by atoms with E-state index in [0.29, 0.717) is 0 Å². The summed E-state index contributed by atoms with van der Waals surface area (Å²) in [5, 5.41) is 12.3. The number of hydrogen-bond donors (Lipinski definition) is 2. The first-order chi connectivity index (χ1) is 6.83. The van der Waals surface area contributed by atoms with E-state index in [1.807, 2.05) is 6.08 Å². The Kier molecular flexibility index (Phi) is 2.66. The summed E-state index contributed by atoms with van der Waals surface area (Å²) in [6.07, 6.45) is 2.77. The lowest BCUT2D eigenvalue weighted by Crippen LogP contribution is -2.38. The maximum atomic E-state index is 9.06. The summed E-state index contributed by atoms with van der Waals surface area (Å²) in [5.74, 6) is 0. The van der Waals surface area contributed by atoms with Gasteiger partial charge in [0.15, 0.2) is 0 Å². The normalized spacial score (nSPS) is 20.2. The first kappa shape index (κ1) is 9.44. The minimum absolute atomic E-state index is 0.206. The number of nitrogens with one attached hydrogen (secondary N) is 1. The predicted molar refractivity (Wildman–Crippen MR) is 58.0 cm³/mol. The highest BCUT2D eigenvalue weighted by molar-refractivity contribution is 5.50. The van der Waals surface area contributed by atoms with E-state index in [4.69, 9.17) is 5.11 Å². The Morgan fingerprint density at radius 3 is 3.07 bits per heavy atom. The second kappa shape index (κ2) is 3.95. The number of aliphatic hydroxyl groups is 1. The highest BCUT2D eigenvalue weighted by Gasteiger charge is 2.16. The van der Waals surface area contributed by atoms with Gasteiger partial charge < -0.3 is 10.4 Å². The Morgan fingerprint density at radius 1 is 1.50 bits per heavy atom.